The van der Waals surface area contributed by atoms with Gasteiger partial charge in [0.1, 0.15) is 0 Å². The van der Waals surface area contributed by atoms with E-state index in [4.69, 9.17) is 11.6 Å². The van der Waals surface area contributed by atoms with Gasteiger partial charge in [-0.1, -0.05) is 11.6 Å². The molecule has 58 valence electrons. The van der Waals surface area contributed by atoms with Crippen LogP contribution in [0.2, 0.25) is 5.02 Å². The molecule has 0 saturated carbocycles. The van der Waals surface area contributed by atoms with Crippen LogP contribution in [-0.4, -0.2) is 5.12 Å². The monoisotopic (exact) mass is 298 g/mol. The summed E-state index contributed by atoms with van der Waals surface area (Å²) in [6.07, 6.45) is 0. The fourth-order valence-corrected chi connectivity index (χ4v) is 1.74. The van der Waals surface area contributed by atoms with Gasteiger partial charge < -0.3 is 0 Å². The molecule has 0 radical (unpaired) electrons. The van der Waals surface area contributed by atoms with Crippen molar-refractivity contribution in [2.45, 2.75) is 0 Å². The van der Waals surface area contributed by atoms with E-state index < -0.39 is 0 Å². The highest BCUT2D eigenvalue weighted by atomic mass is 127. The lowest BCUT2D eigenvalue weighted by atomic mass is 10.2. The SMILES string of the molecule is O=C(SI)c1ccc(Cl)cc1. The Morgan fingerprint density at radius 2 is 1.91 bits per heavy atom. The summed E-state index contributed by atoms with van der Waals surface area (Å²) >= 11 is 7.60. The third kappa shape index (κ3) is 2.65. The molecule has 1 aromatic rings. The molecule has 0 amide bonds. The molecule has 0 N–H and O–H groups in total. The Hall–Kier alpha value is 0.260. The largest absolute Gasteiger partial charge is 0.281 e. The molecule has 1 aromatic carbocycles. The lowest BCUT2D eigenvalue weighted by Crippen LogP contribution is -1.88. The van der Waals surface area contributed by atoms with Crippen LogP contribution in [0.1, 0.15) is 10.4 Å². The molecular formula is C7H4ClIOS. The first-order valence-electron chi connectivity index (χ1n) is 2.82. The maximum Gasteiger partial charge on any atom is 0.229 e. The van der Waals surface area contributed by atoms with Crippen LogP contribution in [0.15, 0.2) is 24.3 Å². The van der Waals surface area contributed by atoms with E-state index in [2.05, 4.69) is 0 Å². The number of benzene rings is 1. The minimum Gasteiger partial charge on any atom is -0.281 e. The van der Waals surface area contributed by atoms with Crippen LogP contribution in [0.25, 0.3) is 0 Å². The summed E-state index contributed by atoms with van der Waals surface area (Å²) in [5.74, 6) is 0. The van der Waals surface area contributed by atoms with Crippen molar-refractivity contribution in [3.63, 3.8) is 0 Å². The Morgan fingerprint density at radius 1 is 1.36 bits per heavy atom. The van der Waals surface area contributed by atoms with Gasteiger partial charge in [0, 0.05) is 31.8 Å². The van der Waals surface area contributed by atoms with Crippen LogP contribution in [-0.2, 0) is 0 Å². The first-order chi connectivity index (χ1) is 5.24. The second-order valence-electron chi connectivity index (χ2n) is 1.87. The Labute approximate surface area is 86.1 Å². The molecule has 0 bridgehead atoms. The maximum atomic E-state index is 11.0. The summed E-state index contributed by atoms with van der Waals surface area (Å²) in [5.41, 5.74) is 0.689. The van der Waals surface area contributed by atoms with Crippen molar-refractivity contribution >= 4 is 46.9 Å². The molecule has 0 atom stereocenters. The molecule has 0 aromatic heterocycles. The van der Waals surface area contributed by atoms with Crippen molar-refractivity contribution in [3.8, 4) is 0 Å². The lowest BCUT2D eigenvalue weighted by Gasteiger charge is -1.94. The zero-order valence-corrected chi connectivity index (χ0v) is 9.11. The van der Waals surface area contributed by atoms with Crippen molar-refractivity contribution < 1.29 is 4.79 Å². The summed E-state index contributed by atoms with van der Waals surface area (Å²) in [6, 6.07) is 6.86. The number of rotatable bonds is 1. The van der Waals surface area contributed by atoms with E-state index in [-0.39, 0.29) is 5.12 Å². The third-order valence-electron chi connectivity index (χ3n) is 1.15. The number of hydrogen-bond acceptors (Lipinski definition) is 2. The maximum absolute atomic E-state index is 11.0. The van der Waals surface area contributed by atoms with Gasteiger partial charge in [0.05, 0.1) is 0 Å². The van der Waals surface area contributed by atoms with Crippen molar-refractivity contribution in [1.29, 1.82) is 0 Å². The first kappa shape index (κ1) is 9.35. The number of carbonyl (C=O) groups is 1. The first-order valence-corrected chi connectivity index (χ1v) is 6.56. The smallest absolute Gasteiger partial charge is 0.229 e. The predicted octanol–water partition coefficient (Wildman–Crippen LogP) is 3.56. The summed E-state index contributed by atoms with van der Waals surface area (Å²) in [4.78, 5) is 11.0. The highest BCUT2D eigenvalue weighted by Gasteiger charge is 2.02. The number of carbonyl (C=O) groups excluding carboxylic acids is 1. The molecule has 1 rings (SSSR count). The second-order valence-corrected chi connectivity index (χ2v) is 4.15. The summed E-state index contributed by atoms with van der Waals surface area (Å²) < 4.78 is 0. The van der Waals surface area contributed by atoms with E-state index in [1.165, 1.54) is 8.93 Å². The van der Waals surface area contributed by atoms with Crippen LogP contribution in [0.3, 0.4) is 0 Å². The Balaban J connectivity index is 2.90. The van der Waals surface area contributed by atoms with Gasteiger partial charge >= 0.3 is 0 Å². The molecule has 0 unspecified atom stereocenters. The Bertz CT molecular complexity index is 260. The van der Waals surface area contributed by atoms with E-state index in [1.807, 2.05) is 21.2 Å². The van der Waals surface area contributed by atoms with Gasteiger partial charge in [-0.3, -0.25) is 4.79 Å². The van der Waals surface area contributed by atoms with Gasteiger partial charge in [0.15, 0.2) is 0 Å². The zero-order chi connectivity index (χ0) is 8.27. The van der Waals surface area contributed by atoms with Gasteiger partial charge in [0.25, 0.3) is 0 Å². The van der Waals surface area contributed by atoms with Crippen LogP contribution in [0, 0.1) is 0 Å². The predicted molar refractivity (Wildman–Crippen MR) is 57.4 cm³/mol. The minimum absolute atomic E-state index is 0.0577. The summed E-state index contributed by atoms with van der Waals surface area (Å²) in [6.45, 7) is 0. The fourth-order valence-electron chi connectivity index (χ4n) is 0.631. The highest BCUT2D eigenvalue weighted by Crippen LogP contribution is 2.20. The van der Waals surface area contributed by atoms with Crippen LogP contribution >= 0.6 is 41.7 Å². The van der Waals surface area contributed by atoms with E-state index in [0.29, 0.717) is 10.6 Å². The Morgan fingerprint density at radius 3 is 2.36 bits per heavy atom. The second kappa shape index (κ2) is 4.33. The lowest BCUT2D eigenvalue weighted by molar-refractivity contribution is 0.109. The zero-order valence-electron chi connectivity index (χ0n) is 5.38. The van der Waals surface area contributed by atoms with Crippen molar-refractivity contribution in [1.82, 2.24) is 0 Å². The molecule has 0 spiro atoms. The molecule has 0 heterocycles. The topological polar surface area (TPSA) is 17.1 Å². The van der Waals surface area contributed by atoms with Crippen molar-refractivity contribution in [2.75, 3.05) is 0 Å². The van der Waals surface area contributed by atoms with E-state index >= 15 is 0 Å². The van der Waals surface area contributed by atoms with Crippen molar-refractivity contribution in [3.05, 3.63) is 34.9 Å². The average Bonchev–Trinajstić information content (AvgIpc) is 2.05. The molecule has 11 heavy (non-hydrogen) atoms. The molecule has 1 nitrogen and oxygen atoms in total. The minimum atomic E-state index is 0.0577. The average molecular weight is 299 g/mol. The fraction of sp³-hybridized carbons (Fsp3) is 0. The summed E-state index contributed by atoms with van der Waals surface area (Å²) in [7, 11) is 1.17. The number of hydrogen-bond donors (Lipinski definition) is 0. The van der Waals surface area contributed by atoms with Gasteiger partial charge in [0.2, 0.25) is 5.12 Å². The standard InChI is InChI=1S/C7H4ClIOS/c8-6-3-1-5(2-4-6)7(10)11-9/h1-4H. The highest BCUT2D eigenvalue weighted by molar-refractivity contribution is 14.2. The summed E-state index contributed by atoms with van der Waals surface area (Å²) in [5, 5.41) is 0.710. The molecule has 0 saturated heterocycles. The third-order valence-corrected chi connectivity index (χ3v) is 2.98. The van der Waals surface area contributed by atoms with Gasteiger partial charge in [-0.15, -0.1) is 0 Å². The molecule has 4 heteroatoms. The van der Waals surface area contributed by atoms with Crippen LogP contribution in [0.4, 0.5) is 0 Å². The molecule has 0 aliphatic heterocycles. The molecular weight excluding hydrogens is 294 g/mol. The van der Waals surface area contributed by atoms with Crippen molar-refractivity contribution in [2.24, 2.45) is 0 Å². The van der Waals surface area contributed by atoms with Gasteiger partial charge in [-0.2, -0.15) is 0 Å². The quantitative estimate of drug-likeness (QED) is 0.737. The Kier molecular flexibility index (Phi) is 3.68. The normalized spacial score (nSPS) is 9.64. The molecule has 0 fully saturated rings. The number of halogens is 2. The van der Waals surface area contributed by atoms with Crippen LogP contribution < -0.4 is 0 Å². The molecule has 0 aliphatic rings. The molecule has 0 aliphatic carbocycles. The van der Waals surface area contributed by atoms with Gasteiger partial charge in [-0.25, -0.2) is 0 Å². The van der Waals surface area contributed by atoms with E-state index in [1.54, 1.807) is 24.3 Å². The van der Waals surface area contributed by atoms with E-state index in [9.17, 15) is 4.79 Å². The van der Waals surface area contributed by atoms with Gasteiger partial charge in [-0.05, 0) is 33.2 Å². The van der Waals surface area contributed by atoms with E-state index in [0.717, 1.165) is 0 Å². The van der Waals surface area contributed by atoms with Crippen LogP contribution in [0.5, 0.6) is 0 Å².